The van der Waals surface area contributed by atoms with Crippen molar-refractivity contribution in [2.45, 2.75) is 13.5 Å². The standard InChI is InChI=1S/C14H14N4OS/c1-8-7-20-13(17-8)6-16-14(19)12-5-9-4-10(15)2-3-11(9)18-12/h2-5,7,18H,6,15H2,1H3,(H,16,19). The number of carbonyl (C=O) groups is 1. The Bertz CT molecular complexity index is 774. The number of H-pyrrole nitrogens is 1. The second kappa shape index (κ2) is 4.97. The average Bonchev–Trinajstić information content (AvgIpc) is 3.01. The summed E-state index contributed by atoms with van der Waals surface area (Å²) < 4.78 is 0. The van der Waals surface area contributed by atoms with Gasteiger partial charge in [0.05, 0.1) is 6.54 Å². The fourth-order valence-corrected chi connectivity index (χ4v) is 2.72. The van der Waals surface area contributed by atoms with Crippen LogP contribution in [0.1, 0.15) is 21.2 Å². The molecule has 0 saturated heterocycles. The van der Waals surface area contributed by atoms with E-state index in [1.165, 1.54) is 0 Å². The molecule has 3 aromatic rings. The van der Waals surface area contributed by atoms with E-state index in [1.54, 1.807) is 23.5 Å². The number of fused-ring (bicyclic) bond motifs is 1. The van der Waals surface area contributed by atoms with E-state index in [1.807, 2.05) is 24.4 Å². The van der Waals surface area contributed by atoms with Crippen LogP contribution in [0.4, 0.5) is 5.69 Å². The van der Waals surface area contributed by atoms with Crippen molar-refractivity contribution in [2.24, 2.45) is 0 Å². The zero-order chi connectivity index (χ0) is 14.1. The lowest BCUT2D eigenvalue weighted by Gasteiger charge is -2.00. The molecule has 5 nitrogen and oxygen atoms in total. The van der Waals surface area contributed by atoms with Gasteiger partial charge >= 0.3 is 0 Å². The fourth-order valence-electron chi connectivity index (χ4n) is 2.01. The van der Waals surface area contributed by atoms with E-state index in [0.717, 1.165) is 21.6 Å². The van der Waals surface area contributed by atoms with Gasteiger partial charge < -0.3 is 16.0 Å². The Morgan fingerprint density at radius 3 is 3.05 bits per heavy atom. The van der Waals surface area contributed by atoms with E-state index < -0.39 is 0 Å². The molecule has 0 aliphatic heterocycles. The molecule has 1 amide bonds. The van der Waals surface area contributed by atoms with Crippen molar-refractivity contribution in [1.29, 1.82) is 0 Å². The molecule has 0 spiro atoms. The third-order valence-electron chi connectivity index (χ3n) is 2.96. The second-order valence-electron chi connectivity index (χ2n) is 4.60. The molecular formula is C14H14N4OS. The highest BCUT2D eigenvalue weighted by atomic mass is 32.1. The number of amides is 1. The highest BCUT2D eigenvalue weighted by molar-refractivity contribution is 7.09. The monoisotopic (exact) mass is 286 g/mol. The summed E-state index contributed by atoms with van der Waals surface area (Å²) in [5, 5.41) is 6.65. The van der Waals surface area contributed by atoms with E-state index in [0.29, 0.717) is 17.9 Å². The van der Waals surface area contributed by atoms with Gasteiger partial charge in [-0.3, -0.25) is 4.79 Å². The summed E-state index contributed by atoms with van der Waals surface area (Å²) >= 11 is 1.54. The third-order valence-corrected chi connectivity index (χ3v) is 3.92. The first kappa shape index (κ1) is 12.7. The number of aryl methyl sites for hydroxylation is 1. The quantitative estimate of drug-likeness (QED) is 0.647. The summed E-state index contributed by atoms with van der Waals surface area (Å²) in [6, 6.07) is 7.31. The lowest BCUT2D eigenvalue weighted by molar-refractivity contribution is 0.0946. The molecule has 0 fully saturated rings. The number of nitrogens with zero attached hydrogens (tertiary/aromatic N) is 1. The van der Waals surface area contributed by atoms with Gasteiger partial charge in [-0.2, -0.15) is 0 Å². The van der Waals surface area contributed by atoms with Crippen molar-refractivity contribution < 1.29 is 4.79 Å². The number of aromatic amines is 1. The minimum atomic E-state index is -0.146. The number of thiazole rings is 1. The number of carbonyl (C=O) groups excluding carboxylic acids is 1. The van der Waals surface area contributed by atoms with Crippen LogP contribution in [0.25, 0.3) is 10.9 Å². The van der Waals surface area contributed by atoms with Gasteiger partial charge in [-0.25, -0.2) is 4.98 Å². The zero-order valence-corrected chi connectivity index (χ0v) is 11.8. The minimum Gasteiger partial charge on any atom is -0.399 e. The van der Waals surface area contributed by atoms with Crippen molar-refractivity contribution in [2.75, 3.05) is 5.73 Å². The first-order valence-electron chi connectivity index (χ1n) is 6.19. The highest BCUT2D eigenvalue weighted by Gasteiger charge is 2.10. The summed E-state index contributed by atoms with van der Waals surface area (Å²) in [6.07, 6.45) is 0. The van der Waals surface area contributed by atoms with Crippen molar-refractivity contribution in [3.05, 3.63) is 46.0 Å². The van der Waals surface area contributed by atoms with Crippen LogP contribution in [-0.2, 0) is 6.54 Å². The van der Waals surface area contributed by atoms with Crippen LogP contribution in [0.3, 0.4) is 0 Å². The van der Waals surface area contributed by atoms with Crippen molar-refractivity contribution in [3.8, 4) is 0 Å². The average molecular weight is 286 g/mol. The predicted molar refractivity (Wildman–Crippen MR) is 80.7 cm³/mol. The Hall–Kier alpha value is -2.34. The number of nitrogens with one attached hydrogen (secondary N) is 2. The van der Waals surface area contributed by atoms with Crippen LogP contribution < -0.4 is 11.1 Å². The molecule has 2 heterocycles. The Labute approximate surface area is 119 Å². The smallest absolute Gasteiger partial charge is 0.268 e. The van der Waals surface area contributed by atoms with Crippen molar-refractivity contribution in [1.82, 2.24) is 15.3 Å². The lowest BCUT2D eigenvalue weighted by Crippen LogP contribution is -2.22. The molecule has 0 bridgehead atoms. The van der Waals surface area contributed by atoms with Crippen molar-refractivity contribution >= 4 is 33.8 Å². The Balaban J connectivity index is 1.75. The Morgan fingerprint density at radius 1 is 1.45 bits per heavy atom. The summed E-state index contributed by atoms with van der Waals surface area (Å²) in [5.41, 5.74) is 8.80. The fraction of sp³-hybridized carbons (Fsp3) is 0.143. The first-order chi connectivity index (χ1) is 9.61. The van der Waals surface area contributed by atoms with Crippen LogP contribution in [0.15, 0.2) is 29.6 Å². The van der Waals surface area contributed by atoms with Crippen LogP contribution in [0, 0.1) is 6.92 Å². The van der Waals surface area contributed by atoms with Gasteiger partial charge in [0.2, 0.25) is 0 Å². The van der Waals surface area contributed by atoms with Gasteiger partial charge in [-0.1, -0.05) is 0 Å². The molecule has 4 N–H and O–H groups in total. The maximum absolute atomic E-state index is 12.1. The molecule has 1 aromatic carbocycles. The zero-order valence-electron chi connectivity index (χ0n) is 10.9. The predicted octanol–water partition coefficient (Wildman–Crippen LogP) is 2.45. The van der Waals surface area contributed by atoms with Gasteiger partial charge in [0.25, 0.3) is 5.91 Å². The second-order valence-corrected chi connectivity index (χ2v) is 5.54. The number of rotatable bonds is 3. The van der Waals surface area contributed by atoms with Gasteiger partial charge in [0, 0.05) is 27.7 Å². The molecule has 0 radical (unpaired) electrons. The van der Waals surface area contributed by atoms with Crippen LogP contribution in [0.2, 0.25) is 0 Å². The van der Waals surface area contributed by atoms with E-state index in [-0.39, 0.29) is 5.91 Å². The molecule has 20 heavy (non-hydrogen) atoms. The number of nitrogens with two attached hydrogens (primary N) is 1. The summed E-state index contributed by atoms with van der Waals surface area (Å²) in [4.78, 5) is 19.5. The summed E-state index contributed by atoms with van der Waals surface area (Å²) in [6.45, 7) is 2.37. The molecule has 2 aromatic heterocycles. The molecule has 102 valence electrons. The van der Waals surface area contributed by atoms with Crippen LogP contribution >= 0.6 is 11.3 Å². The topological polar surface area (TPSA) is 83.8 Å². The number of aromatic nitrogens is 2. The molecule has 0 aliphatic carbocycles. The normalized spacial score (nSPS) is 10.8. The molecule has 0 aliphatic rings. The summed E-state index contributed by atoms with van der Waals surface area (Å²) in [7, 11) is 0. The van der Waals surface area contributed by atoms with Gasteiger partial charge in [-0.15, -0.1) is 11.3 Å². The molecule has 6 heteroatoms. The first-order valence-corrected chi connectivity index (χ1v) is 7.07. The van der Waals surface area contributed by atoms with Gasteiger partial charge in [-0.05, 0) is 31.2 Å². The molecule has 3 rings (SSSR count). The third kappa shape index (κ3) is 2.50. The number of nitrogen functional groups attached to an aromatic ring is 1. The number of hydrogen-bond acceptors (Lipinski definition) is 4. The van der Waals surface area contributed by atoms with E-state index in [2.05, 4.69) is 15.3 Å². The summed E-state index contributed by atoms with van der Waals surface area (Å²) in [5.74, 6) is -0.146. The largest absolute Gasteiger partial charge is 0.399 e. The van der Waals surface area contributed by atoms with E-state index in [9.17, 15) is 4.79 Å². The number of anilines is 1. The van der Waals surface area contributed by atoms with Crippen LogP contribution in [-0.4, -0.2) is 15.9 Å². The SMILES string of the molecule is Cc1csc(CNC(=O)c2cc3cc(N)ccc3[nH]2)n1. The van der Waals surface area contributed by atoms with E-state index >= 15 is 0 Å². The van der Waals surface area contributed by atoms with Crippen molar-refractivity contribution in [3.63, 3.8) is 0 Å². The molecule has 0 unspecified atom stereocenters. The molecule has 0 saturated carbocycles. The molecular weight excluding hydrogens is 272 g/mol. The molecule has 0 atom stereocenters. The van der Waals surface area contributed by atoms with Gasteiger partial charge in [0.15, 0.2) is 0 Å². The highest BCUT2D eigenvalue weighted by Crippen LogP contribution is 2.18. The van der Waals surface area contributed by atoms with Crippen LogP contribution in [0.5, 0.6) is 0 Å². The lowest BCUT2D eigenvalue weighted by atomic mass is 10.2. The maximum atomic E-state index is 12.1. The van der Waals surface area contributed by atoms with E-state index in [4.69, 9.17) is 5.73 Å². The Kier molecular flexibility index (Phi) is 3.15. The minimum absolute atomic E-state index is 0.146. The van der Waals surface area contributed by atoms with Gasteiger partial charge in [0.1, 0.15) is 10.7 Å². The number of hydrogen-bond donors (Lipinski definition) is 3. The number of benzene rings is 1. The maximum Gasteiger partial charge on any atom is 0.268 e. The Morgan fingerprint density at radius 2 is 2.30 bits per heavy atom.